The van der Waals surface area contributed by atoms with E-state index in [0.29, 0.717) is 44.8 Å². The largest absolute Gasteiger partial charge is 0.450 e. The number of carbonyl (C=O) groups is 2. The fraction of sp³-hybridized carbons (Fsp3) is 0.471. The van der Waals surface area contributed by atoms with Gasteiger partial charge in [0.1, 0.15) is 0 Å². The second kappa shape index (κ2) is 8.31. The molecule has 1 fully saturated rings. The van der Waals surface area contributed by atoms with Crippen LogP contribution in [0.2, 0.25) is 0 Å². The average Bonchev–Trinajstić information content (AvgIpc) is 2.62. The molecule has 0 spiro atoms. The molecule has 0 saturated carbocycles. The summed E-state index contributed by atoms with van der Waals surface area (Å²) in [6.07, 6.45) is 0.0781. The average molecular weight is 330 g/mol. The van der Waals surface area contributed by atoms with Gasteiger partial charge in [0, 0.05) is 26.2 Å². The molecule has 7 nitrogen and oxygen atoms in total. The topological polar surface area (TPSA) is 99.7 Å². The summed E-state index contributed by atoms with van der Waals surface area (Å²) in [5.74, 6) is -0.122. The molecule has 0 bridgehead atoms. The van der Waals surface area contributed by atoms with Gasteiger partial charge in [-0.1, -0.05) is 12.1 Å². The molecule has 0 radical (unpaired) electrons. The van der Waals surface area contributed by atoms with Gasteiger partial charge in [0.15, 0.2) is 0 Å². The van der Waals surface area contributed by atoms with Crippen LogP contribution in [0.1, 0.15) is 18.1 Å². The SMILES string of the molecule is CCOC(=O)N1CCN(C(=O)[C@@H](N)Cc2ccc(C#N)cc2)CC1. The Morgan fingerprint density at radius 1 is 1.21 bits per heavy atom. The van der Waals surface area contributed by atoms with Crippen molar-refractivity contribution in [2.24, 2.45) is 5.73 Å². The lowest BCUT2D eigenvalue weighted by Crippen LogP contribution is -2.54. The molecule has 1 atom stereocenters. The van der Waals surface area contributed by atoms with Crippen LogP contribution in [0, 0.1) is 11.3 Å². The van der Waals surface area contributed by atoms with Crippen molar-refractivity contribution >= 4 is 12.0 Å². The number of hydrogen-bond acceptors (Lipinski definition) is 5. The predicted molar refractivity (Wildman–Crippen MR) is 88.0 cm³/mol. The molecule has 2 N–H and O–H groups in total. The van der Waals surface area contributed by atoms with Gasteiger partial charge in [0.25, 0.3) is 0 Å². The molecule has 7 heteroatoms. The summed E-state index contributed by atoms with van der Waals surface area (Å²) in [7, 11) is 0. The van der Waals surface area contributed by atoms with Crippen molar-refractivity contribution in [3.05, 3.63) is 35.4 Å². The van der Waals surface area contributed by atoms with Gasteiger partial charge in [0.05, 0.1) is 24.3 Å². The van der Waals surface area contributed by atoms with Gasteiger partial charge < -0.3 is 20.3 Å². The summed E-state index contributed by atoms with van der Waals surface area (Å²) in [6, 6.07) is 8.47. The highest BCUT2D eigenvalue weighted by Crippen LogP contribution is 2.09. The summed E-state index contributed by atoms with van der Waals surface area (Å²) in [5.41, 5.74) is 7.53. The van der Waals surface area contributed by atoms with Crippen molar-refractivity contribution in [1.29, 1.82) is 5.26 Å². The van der Waals surface area contributed by atoms with E-state index < -0.39 is 6.04 Å². The molecule has 1 aliphatic rings. The second-order valence-electron chi connectivity index (χ2n) is 5.63. The molecule has 0 aromatic heterocycles. The van der Waals surface area contributed by atoms with Crippen LogP contribution < -0.4 is 5.73 Å². The van der Waals surface area contributed by atoms with Crippen molar-refractivity contribution in [3.8, 4) is 6.07 Å². The van der Waals surface area contributed by atoms with Crippen molar-refractivity contribution in [1.82, 2.24) is 9.80 Å². The lowest BCUT2D eigenvalue weighted by molar-refractivity contribution is -0.134. The molecule has 0 unspecified atom stereocenters. The lowest BCUT2D eigenvalue weighted by Gasteiger charge is -2.35. The van der Waals surface area contributed by atoms with Crippen LogP contribution in [0.5, 0.6) is 0 Å². The summed E-state index contributed by atoms with van der Waals surface area (Å²) in [6.45, 7) is 3.92. The zero-order valence-corrected chi connectivity index (χ0v) is 13.8. The molecule has 24 heavy (non-hydrogen) atoms. The second-order valence-corrected chi connectivity index (χ2v) is 5.63. The summed E-state index contributed by atoms with van der Waals surface area (Å²) in [4.78, 5) is 27.4. The number of nitrogens with zero attached hydrogens (tertiary/aromatic N) is 3. The Morgan fingerprint density at radius 2 is 1.79 bits per heavy atom. The summed E-state index contributed by atoms with van der Waals surface area (Å²) in [5, 5.41) is 8.79. The number of piperazine rings is 1. The molecule has 1 aromatic carbocycles. The van der Waals surface area contributed by atoms with Crippen LogP contribution in [0.15, 0.2) is 24.3 Å². The van der Waals surface area contributed by atoms with Crippen LogP contribution in [0.3, 0.4) is 0 Å². The van der Waals surface area contributed by atoms with Crippen LogP contribution in [0.25, 0.3) is 0 Å². The van der Waals surface area contributed by atoms with E-state index in [4.69, 9.17) is 15.7 Å². The Balaban J connectivity index is 1.85. The zero-order valence-electron chi connectivity index (χ0n) is 13.8. The third kappa shape index (κ3) is 4.46. The van der Waals surface area contributed by atoms with E-state index >= 15 is 0 Å². The van der Waals surface area contributed by atoms with Crippen LogP contribution >= 0.6 is 0 Å². The normalized spacial score (nSPS) is 15.5. The first-order chi connectivity index (χ1) is 11.5. The Kier molecular flexibility index (Phi) is 6.15. The fourth-order valence-corrected chi connectivity index (χ4v) is 2.62. The van der Waals surface area contributed by atoms with Gasteiger partial charge in [-0.2, -0.15) is 5.26 Å². The molecule has 128 valence electrons. The Hall–Kier alpha value is -2.59. The minimum atomic E-state index is -0.632. The van der Waals surface area contributed by atoms with E-state index in [1.165, 1.54) is 0 Å². The highest BCUT2D eigenvalue weighted by Gasteiger charge is 2.27. The Bertz CT molecular complexity index is 616. The van der Waals surface area contributed by atoms with Crippen LogP contribution in [-0.4, -0.2) is 60.6 Å². The maximum absolute atomic E-state index is 12.4. The third-order valence-corrected chi connectivity index (χ3v) is 3.97. The minimum absolute atomic E-state index is 0.122. The van der Waals surface area contributed by atoms with E-state index in [-0.39, 0.29) is 12.0 Å². The molecular weight excluding hydrogens is 308 g/mol. The molecule has 1 aromatic rings. The number of hydrogen-bond donors (Lipinski definition) is 1. The van der Waals surface area contributed by atoms with Crippen molar-refractivity contribution in [2.75, 3.05) is 32.8 Å². The van der Waals surface area contributed by atoms with E-state index in [0.717, 1.165) is 5.56 Å². The molecule has 2 amide bonds. The fourth-order valence-electron chi connectivity index (χ4n) is 2.62. The van der Waals surface area contributed by atoms with Crippen molar-refractivity contribution < 1.29 is 14.3 Å². The standard InChI is InChI=1S/C17H22N4O3/c1-2-24-17(23)21-9-7-20(8-10-21)16(22)15(19)11-13-3-5-14(12-18)6-4-13/h3-6,15H,2,7-11,19H2,1H3/t15-/m0/s1. The smallest absolute Gasteiger partial charge is 0.409 e. The summed E-state index contributed by atoms with van der Waals surface area (Å²) >= 11 is 0. The van der Waals surface area contributed by atoms with Crippen molar-refractivity contribution in [3.63, 3.8) is 0 Å². The van der Waals surface area contributed by atoms with Gasteiger partial charge in [-0.05, 0) is 31.0 Å². The molecule has 1 heterocycles. The first kappa shape index (κ1) is 17.8. The number of amides is 2. The van der Waals surface area contributed by atoms with Gasteiger partial charge in [-0.25, -0.2) is 4.79 Å². The number of ether oxygens (including phenoxy) is 1. The third-order valence-electron chi connectivity index (χ3n) is 3.97. The number of nitriles is 1. The molecule has 1 aliphatic heterocycles. The first-order valence-electron chi connectivity index (χ1n) is 8.00. The maximum atomic E-state index is 12.4. The van der Waals surface area contributed by atoms with Crippen LogP contribution in [-0.2, 0) is 16.0 Å². The Morgan fingerprint density at radius 3 is 2.33 bits per heavy atom. The summed E-state index contributed by atoms with van der Waals surface area (Å²) < 4.78 is 4.96. The Labute approximate surface area is 141 Å². The minimum Gasteiger partial charge on any atom is -0.450 e. The van der Waals surface area contributed by atoms with E-state index in [1.54, 1.807) is 28.9 Å². The van der Waals surface area contributed by atoms with Crippen LogP contribution in [0.4, 0.5) is 4.79 Å². The highest BCUT2D eigenvalue weighted by atomic mass is 16.6. The number of benzene rings is 1. The van der Waals surface area contributed by atoms with E-state index in [2.05, 4.69) is 6.07 Å². The maximum Gasteiger partial charge on any atom is 0.409 e. The first-order valence-corrected chi connectivity index (χ1v) is 8.00. The number of rotatable bonds is 4. The molecule has 2 rings (SSSR count). The lowest BCUT2D eigenvalue weighted by atomic mass is 10.0. The van der Waals surface area contributed by atoms with Gasteiger partial charge >= 0.3 is 6.09 Å². The van der Waals surface area contributed by atoms with Gasteiger partial charge in [-0.3, -0.25) is 4.79 Å². The monoisotopic (exact) mass is 330 g/mol. The highest BCUT2D eigenvalue weighted by molar-refractivity contribution is 5.82. The van der Waals surface area contributed by atoms with Gasteiger partial charge in [-0.15, -0.1) is 0 Å². The molecular formula is C17H22N4O3. The molecule has 0 aliphatic carbocycles. The van der Waals surface area contributed by atoms with E-state index in [1.807, 2.05) is 12.1 Å². The predicted octanol–water partition coefficient (Wildman–Crippen LogP) is 0.729. The van der Waals surface area contributed by atoms with Crippen molar-refractivity contribution in [2.45, 2.75) is 19.4 Å². The number of nitrogens with two attached hydrogens (primary N) is 1. The zero-order chi connectivity index (χ0) is 17.5. The van der Waals surface area contributed by atoms with Gasteiger partial charge in [0.2, 0.25) is 5.91 Å². The van der Waals surface area contributed by atoms with E-state index in [9.17, 15) is 9.59 Å². The molecule has 1 saturated heterocycles. The quantitative estimate of drug-likeness (QED) is 0.877. The number of carbonyl (C=O) groups excluding carboxylic acids is 2.